The van der Waals surface area contributed by atoms with Gasteiger partial charge in [0.1, 0.15) is 0 Å². The van der Waals surface area contributed by atoms with Gasteiger partial charge in [-0.25, -0.2) is 0 Å². The summed E-state index contributed by atoms with van der Waals surface area (Å²) >= 11 is 5.14. The molecule has 0 aliphatic carbocycles. The van der Waals surface area contributed by atoms with Crippen LogP contribution in [0.4, 0.5) is 5.69 Å². The van der Waals surface area contributed by atoms with Crippen LogP contribution in [0.3, 0.4) is 0 Å². The van der Waals surface area contributed by atoms with Crippen molar-refractivity contribution in [1.29, 1.82) is 0 Å². The summed E-state index contributed by atoms with van der Waals surface area (Å²) in [5.41, 5.74) is 0.826. The largest absolute Gasteiger partial charge is 0.347 e. The van der Waals surface area contributed by atoms with E-state index < -0.39 is 0 Å². The van der Waals surface area contributed by atoms with Crippen molar-refractivity contribution in [2.45, 2.75) is 13.8 Å². The summed E-state index contributed by atoms with van der Waals surface area (Å²) in [5, 5.41) is 8.63. The molecule has 1 rings (SSSR count). The van der Waals surface area contributed by atoms with Crippen LogP contribution in [0, 0.1) is 0 Å². The molecule has 4 heteroatoms. The lowest BCUT2D eigenvalue weighted by Crippen LogP contribution is -2.27. The SMILES string of the molecule is CCN(CC)C(=S)N=Nc1ccccc1. The molecule has 0 N–H and O–H groups in total. The van der Waals surface area contributed by atoms with Gasteiger partial charge in [0.25, 0.3) is 0 Å². The Hall–Kier alpha value is -1.29. The summed E-state index contributed by atoms with van der Waals surface area (Å²) in [7, 11) is 0. The van der Waals surface area contributed by atoms with Crippen LogP contribution in [0.25, 0.3) is 0 Å². The van der Waals surface area contributed by atoms with E-state index in [9.17, 15) is 0 Å². The number of rotatable bonds is 3. The topological polar surface area (TPSA) is 28.0 Å². The zero-order valence-corrected chi connectivity index (χ0v) is 9.87. The molecule has 0 aliphatic rings. The predicted molar refractivity (Wildman–Crippen MR) is 66.5 cm³/mol. The fourth-order valence-corrected chi connectivity index (χ4v) is 1.45. The zero-order valence-electron chi connectivity index (χ0n) is 9.05. The van der Waals surface area contributed by atoms with Crippen LogP contribution in [0.1, 0.15) is 13.8 Å². The fraction of sp³-hybridized carbons (Fsp3) is 0.364. The molecule has 0 amide bonds. The summed E-state index contributed by atoms with van der Waals surface area (Å²) in [5.74, 6) is 0. The summed E-state index contributed by atoms with van der Waals surface area (Å²) < 4.78 is 0. The van der Waals surface area contributed by atoms with E-state index in [1.54, 1.807) is 0 Å². The van der Waals surface area contributed by atoms with Gasteiger partial charge in [0, 0.05) is 13.1 Å². The Bertz CT molecular complexity index is 331. The van der Waals surface area contributed by atoms with Gasteiger partial charge in [0.05, 0.1) is 5.69 Å². The summed E-state index contributed by atoms with van der Waals surface area (Å²) in [4.78, 5) is 1.99. The molecule has 0 aliphatic heterocycles. The maximum Gasteiger partial charge on any atom is 0.216 e. The van der Waals surface area contributed by atoms with Crippen LogP contribution in [-0.4, -0.2) is 23.1 Å². The molecule has 0 saturated heterocycles. The van der Waals surface area contributed by atoms with E-state index in [4.69, 9.17) is 12.2 Å². The minimum Gasteiger partial charge on any atom is -0.347 e. The third-order valence-corrected chi connectivity index (χ3v) is 2.38. The Balaban J connectivity index is 2.62. The standard InChI is InChI=1S/C11H15N3S/c1-3-14(4-2)11(15)13-12-10-8-6-5-7-9-10/h5-9H,3-4H2,1-2H3. The second-order valence-electron chi connectivity index (χ2n) is 2.99. The highest BCUT2D eigenvalue weighted by Crippen LogP contribution is 2.10. The van der Waals surface area contributed by atoms with Gasteiger partial charge in [-0.05, 0) is 38.2 Å². The van der Waals surface area contributed by atoms with Crippen molar-refractivity contribution in [3.63, 3.8) is 0 Å². The van der Waals surface area contributed by atoms with E-state index in [-0.39, 0.29) is 0 Å². The van der Waals surface area contributed by atoms with Crippen LogP contribution >= 0.6 is 12.2 Å². The summed E-state index contributed by atoms with van der Waals surface area (Å²) in [6.07, 6.45) is 0. The first kappa shape index (κ1) is 11.8. The smallest absolute Gasteiger partial charge is 0.216 e. The average Bonchev–Trinajstić information content (AvgIpc) is 2.29. The highest BCUT2D eigenvalue weighted by molar-refractivity contribution is 7.80. The van der Waals surface area contributed by atoms with Crippen molar-refractivity contribution in [2.75, 3.05) is 13.1 Å². The Morgan fingerprint density at radius 1 is 1.20 bits per heavy atom. The summed E-state index contributed by atoms with van der Waals surface area (Å²) in [6, 6.07) is 9.59. The van der Waals surface area contributed by atoms with Crippen molar-refractivity contribution in [2.24, 2.45) is 10.2 Å². The molecule has 0 spiro atoms. The highest BCUT2D eigenvalue weighted by Gasteiger charge is 2.02. The van der Waals surface area contributed by atoms with Gasteiger partial charge in [0.2, 0.25) is 5.11 Å². The van der Waals surface area contributed by atoms with E-state index in [1.807, 2.05) is 49.1 Å². The molecular formula is C11H15N3S. The molecule has 3 nitrogen and oxygen atoms in total. The number of hydrogen-bond acceptors (Lipinski definition) is 2. The molecule has 0 heterocycles. The molecule has 80 valence electrons. The lowest BCUT2D eigenvalue weighted by molar-refractivity contribution is 0.467. The second kappa shape index (κ2) is 6.24. The Morgan fingerprint density at radius 3 is 2.33 bits per heavy atom. The first-order valence-electron chi connectivity index (χ1n) is 5.03. The minimum atomic E-state index is 0.545. The Morgan fingerprint density at radius 2 is 1.80 bits per heavy atom. The highest BCUT2D eigenvalue weighted by atomic mass is 32.1. The van der Waals surface area contributed by atoms with Crippen LogP contribution in [0.5, 0.6) is 0 Å². The van der Waals surface area contributed by atoms with Gasteiger partial charge in [-0.15, -0.1) is 10.2 Å². The van der Waals surface area contributed by atoms with Gasteiger partial charge < -0.3 is 4.90 Å². The number of azo groups is 1. The van der Waals surface area contributed by atoms with Crippen molar-refractivity contribution < 1.29 is 0 Å². The van der Waals surface area contributed by atoms with E-state index in [2.05, 4.69) is 10.2 Å². The molecule has 0 radical (unpaired) electrons. The van der Waals surface area contributed by atoms with E-state index in [0.717, 1.165) is 18.8 Å². The van der Waals surface area contributed by atoms with Gasteiger partial charge >= 0.3 is 0 Å². The number of thiocarbonyl (C=S) groups is 1. The maximum absolute atomic E-state index is 5.14. The molecule has 0 bridgehead atoms. The van der Waals surface area contributed by atoms with Gasteiger partial charge in [-0.1, -0.05) is 18.2 Å². The lowest BCUT2D eigenvalue weighted by Gasteiger charge is -2.16. The predicted octanol–water partition coefficient (Wildman–Crippen LogP) is 3.40. The molecule has 0 atom stereocenters. The third-order valence-electron chi connectivity index (χ3n) is 2.04. The van der Waals surface area contributed by atoms with Crippen molar-refractivity contribution in [3.8, 4) is 0 Å². The number of benzene rings is 1. The third kappa shape index (κ3) is 3.75. The van der Waals surface area contributed by atoms with E-state index in [1.165, 1.54) is 0 Å². The first-order valence-corrected chi connectivity index (χ1v) is 5.44. The molecule has 0 unspecified atom stereocenters. The molecule has 0 saturated carbocycles. The molecular weight excluding hydrogens is 206 g/mol. The molecule has 0 aromatic heterocycles. The van der Waals surface area contributed by atoms with Crippen LogP contribution < -0.4 is 0 Å². The van der Waals surface area contributed by atoms with Crippen molar-refractivity contribution >= 4 is 23.0 Å². The fourth-order valence-electron chi connectivity index (χ4n) is 1.15. The lowest BCUT2D eigenvalue weighted by atomic mass is 10.3. The van der Waals surface area contributed by atoms with Crippen LogP contribution in [0.2, 0.25) is 0 Å². The molecule has 15 heavy (non-hydrogen) atoms. The van der Waals surface area contributed by atoms with Crippen molar-refractivity contribution in [3.05, 3.63) is 30.3 Å². The number of hydrogen-bond donors (Lipinski definition) is 0. The quantitative estimate of drug-likeness (QED) is 0.578. The van der Waals surface area contributed by atoms with Crippen LogP contribution in [-0.2, 0) is 0 Å². The maximum atomic E-state index is 5.14. The second-order valence-corrected chi connectivity index (χ2v) is 3.36. The summed E-state index contributed by atoms with van der Waals surface area (Å²) in [6.45, 7) is 5.83. The molecule has 0 fully saturated rings. The molecule has 1 aromatic carbocycles. The van der Waals surface area contributed by atoms with E-state index in [0.29, 0.717) is 5.11 Å². The Kier molecular flexibility index (Phi) is 4.90. The minimum absolute atomic E-state index is 0.545. The van der Waals surface area contributed by atoms with Gasteiger partial charge in [0.15, 0.2) is 0 Å². The molecule has 1 aromatic rings. The van der Waals surface area contributed by atoms with Gasteiger partial charge in [-0.2, -0.15) is 0 Å². The van der Waals surface area contributed by atoms with Crippen LogP contribution in [0.15, 0.2) is 40.6 Å². The normalized spacial score (nSPS) is 10.5. The van der Waals surface area contributed by atoms with Gasteiger partial charge in [-0.3, -0.25) is 0 Å². The average molecular weight is 221 g/mol. The number of nitrogens with zero attached hydrogens (tertiary/aromatic N) is 3. The zero-order chi connectivity index (χ0) is 11.1. The first-order chi connectivity index (χ1) is 7.27. The Labute approximate surface area is 95.8 Å². The van der Waals surface area contributed by atoms with E-state index >= 15 is 0 Å². The monoisotopic (exact) mass is 221 g/mol. The van der Waals surface area contributed by atoms with Crippen molar-refractivity contribution in [1.82, 2.24) is 4.90 Å².